The van der Waals surface area contributed by atoms with Crippen molar-refractivity contribution in [3.8, 4) is 11.5 Å². The van der Waals surface area contributed by atoms with Gasteiger partial charge in [-0.05, 0) is 43.5 Å². The van der Waals surface area contributed by atoms with Crippen molar-refractivity contribution in [1.29, 1.82) is 0 Å². The molecule has 0 bridgehead atoms. The Morgan fingerprint density at radius 1 is 1.43 bits per heavy atom. The Balaban J connectivity index is 1.66. The van der Waals surface area contributed by atoms with E-state index < -0.39 is 0 Å². The van der Waals surface area contributed by atoms with E-state index >= 15 is 0 Å². The first-order valence-electron chi connectivity index (χ1n) is 7.26. The standard InChI is InChI=1S/C16H17N3O3S/c1-10-9-23-16(18-10)19-17-8-11-3-6-13(14(7-11)21-2)22-15(20)12-4-5-12/h3,6-9,12H,4-5H2,1-2H3,(H,18,19). The summed E-state index contributed by atoms with van der Waals surface area (Å²) in [4.78, 5) is 16.0. The molecule has 1 saturated carbocycles. The molecule has 1 heterocycles. The lowest BCUT2D eigenvalue weighted by Crippen LogP contribution is -2.10. The molecule has 0 atom stereocenters. The topological polar surface area (TPSA) is 72.8 Å². The monoisotopic (exact) mass is 331 g/mol. The van der Waals surface area contributed by atoms with Gasteiger partial charge in [0.1, 0.15) is 0 Å². The second kappa shape index (κ2) is 6.78. The quantitative estimate of drug-likeness (QED) is 0.381. The number of esters is 1. The van der Waals surface area contributed by atoms with Crippen LogP contribution in [0.1, 0.15) is 24.1 Å². The van der Waals surface area contributed by atoms with E-state index in [1.807, 2.05) is 18.4 Å². The van der Waals surface area contributed by atoms with E-state index in [9.17, 15) is 4.79 Å². The Bertz CT molecular complexity index is 738. The fraction of sp³-hybridized carbons (Fsp3) is 0.312. The van der Waals surface area contributed by atoms with Gasteiger partial charge in [0.2, 0.25) is 5.13 Å². The third-order valence-electron chi connectivity index (χ3n) is 3.30. The highest BCUT2D eigenvalue weighted by Crippen LogP contribution is 2.34. The van der Waals surface area contributed by atoms with Crippen LogP contribution in [0.15, 0.2) is 28.7 Å². The minimum absolute atomic E-state index is 0.0481. The van der Waals surface area contributed by atoms with Gasteiger partial charge in [0.25, 0.3) is 0 Å². The molecule has 1 aromatic heterocycles. The molecule has 7 heteroatoms. The summed E-state index contributed by atoms with van der Waals surface area (Å²) in [5.41, 5.74) is 4.65. The summed E-state index contributed by atoms with van der Waals surface area (Å²) in [5.74, 6) is 0.801. The number of nitrogens with zero attached hydrogens (tertiary/aromatic N) is 2. The maximum atomic E-state index is 11.7. The second-order valence-electron chi connectivity index (χ2n) is 5.27. The molecule has 1 aliphatic carbocycles. The molecule has 1 fully saturated rings. The SMILES string of the molecule is COc1cc(C=NNc2nc(C)cs2)ccc1OC(=O)C1CC1. The minimum atomic E-state index is -0.189. The van der Waals surface area contributed by atoms with Crippen LogP contribution in [0.25, 0.3) is 0 Å². The predicted octanol–water partition coefficient (Wildman–Crippen LogP) is 3.22. The molecule has 0 saturated heterocycles. The molecule has 1 aromatic carbocycles. The number of aromatic nitrogens is 1. The van der Waals surface area contributed by atoms with Crippen molar-refractivity contribution >= 4 is 28.7 Å². The molecule has 1 aliphatic rings. The maximum absolute atomic E-state index is 11.7. The minimum Gasteiger partial charge on any atom is -0.493 e. The molecule has 6 nitrogen and oxygen atoms in total. The third kappa shape index (κ3) is 4.07. The number of rotatable bonds is 6. The molecule has 2 aromatic rings. The van der Waals surface area contributed by atoms with Gasteiger partial charge in [0.15, 0.2) is 11.5 Å². The zero-order valence-corrected chi connectivity index (χ0v) is 13.7. The molecule has 23 heavy (non-hydrogen) atoms. The number of thiazole rings is 1. The fourth-order valence-electron chi connectivity index (χ4n) is 1.93. The molecular weight excluding hydrogens is 314 g/mol. The number of aryl methyl sites for hydroxylation is 1. The number of hydrogen-bond donors (Lipinski definition) is 1. The van der Waals surface area contributed by atoms with Crippen LogP contribution in [0, 0.1) is 12.8 Å². The van der Waals surface area contributed by atoms with Crippen molar-refractivity contribution < 1.29 is 14.3 Å². The summed E-state index contributed by atoms with van der Waals surface area (Å²) in [6.07, 6.45) is 3.48. The molecule has 120 valence electrons. The molecule has 0 amide bonds. The van der Waals surface area contributed by atoms with Crippen LogP contribution < -0.4 is 14.9 Å². The van der Waals surface area contributed by atoms with Crippen LogP contribution in [-0.2, 0) is 4.79 Å². The molecule has 0 unspecified atom stereocenters. The van der Waals surface area contributed by atoms with Crippen LogP contribution in [-0.4, -0.2) is 24.3 Å². The van der Waals surface area contributed by atoms with Gasteiger partial charge in [-0.1, -0.05) is 0 Å². The first kappa shape index (κ1) is 15.5. The van der Waals surface area contributed by atoms with Crippen molar-refractivity contribution in [3.63, 3.8) is 0 Å². The second-order valence-corrected chi connectivity index (χ2v) is 6.13. The molecule has 0 aliphatic heterocycles. The van der Waals surface area contributed by atoms with Crippen LogP contribution in [0.3, 0.4) is 0 Å². The van der Waals surface area contributed by atoms with E-state index in [-0.39, 0.29) is 11.9 Å². The Hall–Kier alpha value is -2.41. The van der Waals surface area contributed by atoms with Gasteiger partial charge in [-0.3, -0.25) is 10.2 Å². The number of benzene rings is 1. The summed E-state index contributed by atoms with van der Waals surface area (Å²) in [6.45, 7) is 1.93. The Kier molecular flexibility index (Phi) is 4.57. The van der Waals surface area contributed by atoms with Gasteiger partial charge in [-0.15, -0.1) is 11.3 Å². The maximum Gasteiger partial charge on any atom is 0.314 e. The van der Waals surface area contributed by atoms with Gasteiger partial charge in [-0.2, -0.15) is 5.10 Å². The summed E-state index contributed by atoms with van der Waals surface area (Å²) in [7, 11) is 1.54. The van der Waals surface area contributed by atoms with Crippen molar-refractivity contribution in [1.82, 2.24) is 4.98 Å². The van der Waals surface area contributed by atoms with E-state index in [1.165, 1.54) is 11.3 Å². The van der Waals surface area contributed by atoms with Gasteiger partial charge in [0, 0.05) is 5.38 Å². The Morgan fingerprint density at radius 2 is 2.26 bits per heavy atom. The Labute approximate surface area is 138 Å². The van der Waals surface area contributed by atoms with Crippen molar-refractivity contribution in [2.75, 3.05) is 12.5 Å². The molecule has 0 spiro atoms. The smallest absolute Gasteiger partial charge is 0.314 e. The zero-order chi connectivity index (χ0) is 16.2. The number of carbonyl (C=O) groups excluding carboxylic acids is 1. The van der Waals surface area contributed by atoms with Crippen LogP contribution in [0.2, 0.25) is 0 Å². The first-order valence-corrected chi connectivity index (χ1v) is 8.14. The van der Waals surface area contributed by atoms with Gasteiger partial charge in [-0.25, -0.2) is 4.98 Å². The fourth-order valence-corrected chi connectivity index (χ4v) is 2.56. The average molecular weight is 331 g/mol. The lowest BCUT2D eigenvalue weighted by atomic mass is 10.2. The number of hydrogen-bond acceptors (Lipinski definition) is 7. The van der Waals surface area contributed by atoms with Gasteiger partial charge < -0.3 is 9.47 Å². The highest BCUT2D eigenvalue weighted by molar-refractivity contribution is 7.13. The zero-order valence-electron chi connectivity index (χ0n) is 12.9. The van der Waals surface area contributed by atoms with E-state index in [0.29, 0.717) is 11.5 Å². The molecule has 0 radical (unpaired) electrons. The summed E-state index contributed by atoms with van der Waals surface area (Å²) < 4.78 is 10.6. The van der Waals surface area contributed by atoms with Crippen molar-refractivity contribution in [2.45, 2.75) is 19.8 Å². The van der Waals surface area contributed by atoms with E-state index in [0.717, 1.165) is 29.2 Å². The van der Waals surface area contributed by atoms with Crippen LogP contribution in [0.4, 0.5) is 5.13 Å². The summed E-state index contributed by atoms with van der Waals surface area (Å²) in [5, 5.41) is 6.82. The van der Waals surface area contributed by atoms with E-state index in [1.54, 1.807) is 25.5 Å². The normalized spacial score (nSPS) is 14.0. The first-order chi connectivity index (χ1) is 11.2. The van der Waals surface area contributed by atoms with Crippen LogP contribution >= 0.6 is 11.3 Å². The number of ether oxygens (including phenoxy) is 2. The molecule has 1 N–H and O–H groups in total. The highest BCUT2D eigenvalue weighted by Gasteiger charge is 2.32. The Morgan fingerprint density at radius 3 is 2.91 bits per heavy atom. The number of nitrogens with one attached hydrogen (secondary N) is 1. The van der Waals surface area contributed by atoms with Crippen molar-refractivity contribution in [3.05, 3.63) is 34.8 Å². The number of hydrazone groups is 1. The largest absolute Gasteiger partial charge is 0.493 e. The van der Waals surface area contributed by atoms with Crippen molar-refractivity contribution in [2.24, 2.45) is 11.0 Å². The highest BCUT2D eigenvalue weighted by atomic mass is 32.1. The molecule has 3 rings (SSSR count). The number of methoxy groups -OCH3 is 1. The average Bonchev–Trinajstić information content (AvgIpc) is 3.32. The number of anilines is 1. The third-order valence-corrected chi connectivity index (χ3v) is 4.17. The van der Waals surface area contributed by atoms with E-state index in [4.69, 9.17) is 9.47 Å². The molecular formula is C16H17N3O3S. The van der Waals surface area contributed by atoms with Crippen LogP contribution in [0.5, 0.6) is 11.5 Å². The summed E-state index contributed by atoms with van der Waals surface area (Å²) >= 11 is 1.49. The number of carbonyl (C=O) groups is 1. The van der Waals surface area contributed by atoms with Gasteiger partial charge in [0.05, 0.1) is 24.9 Å². The van der Waals surface area contributed by atoms with E-state index in [2.05, 4.69) is 15.5 Å². The lowest BCUT2D eigenvalue weighted by molar-refractivity contribution is -0.135. The van der Waals surface area contributed by atoms with Gasteiger partial charge >= 0.3 is 5.97 Å². The summed E-state index contributed by atoms with van der Waals surface area (Å²) in [6, 6.07) is 5.30. The predicted molar refractivity (Wildman–Crippen MR) is 89.4 cm³/mol. The lowest BCUT2D eigenvalue weighted by Gasteiger charge is -2.09.